The Labute approximate surface area is 69.1 Å². The molecule has 0 N–H and O–H groups in total. The van der Waals surface area contributed by atoms with Gasteiger partial charge in [-0.3, -0.25) is 4.79 Å². The van der Waals surface area contributed by atoms with Crippen molar-refractivity contribution in [2.45, 2.75) is 6.92 Å². The molecule has 0 bridgehead atoms. The number of benzene rings is 1. The van der Waals surface area contributed by atoms with Gasteiger partial charge in [-0.2, -0.15) is 0 Å². The zero-order chi connectivity index (χ0) is 8.72. The fourth-order valence-corrected chi connectivity index (χ4v) is 1.22. The summed E-state index contributed by atoms with van der Waals surface area (Å²) in [5, 5.41) is 0. The normalized spacial score (nSPS) is 10.8. The van der Waals surface area contributed by atoms with E-state index in [1.807, 2.05) is 0 Å². The molecule has 0 saturated carbocycles. The first-order valence-corrected chi connectivity index (χ1v) is 3.71. The Hall–Kier alpha value is -1.44. The summed E-state index contributed by atoms with van der Waals surface area (Å²) in [6.45, 7) is 1.78. The van der Waals surface area contributed by atoms with Crippen molar-refractivity contribution in [3.63, 3.8) is 0 Å². The zero-order valence-corrected chi connectivity index (χ0v) is 6.60. The van der Waals surface area contributed by atoms with Crippen molar-refractivity contribution in [3.8, 4) is 11.1 Å². The molecule has 0 saturated heterocycles. The lowest BCUT2D eigenvalue weighted by molar-refractivity contribution is 0.628. The number of halogens is 1. The molecule has 2 rings (SSSR count). The molecule has 0 fully saturated rings. The summed E-state index contributed by atoms with van der Waals surface area (Å²) in [7, 11) is 0. The third-order valence-corrected chi connectivity index (χ3v) is 2.01. The highest BCUT2D eigenvalue weighted by Gasteiger charge is 2.18. The predicted octanol–water partition coefficient (Wildman–Crippen LogP) is 2.04. The van der Waals surface area contributed by atoms with E-state index in [2.05, 4.69) is 0 Å². The van der Waals surface area contributed by atoms with E-state index in [0.717, 1.165) is 16.7 Å². The van der Waals surface area contributed by atoms with Crippen LogP contribution in [0, 0.1) is 12.7 Å². The van der Waals surface area contributed by atoms with Crippen molar-refractivity contribution in [1.82, 2.24) is 0 Å². The van der Waals surface area contributed by atoms with Crippen molar-refractivity contribution in [1.29, 1.82) is 0 Å². The van der Waals surface area contributed by atoms with Crippen LogP contribution in [0.25, 0.3) is 11.1 Å². The lowest BCUT2D eigenvalue weighted by Crippen LogP contribution is -1.77. The molecule has 60 valence electrons. The summed E-state index contributed by atoms with van der Waals surface area (Å²) < 4.78 is 12.5. The van der Waals surface area contributed by atoms with Gasteiger partial charge < -0.3 is 0 Å². The van der Waals surface area contributed by atoms with Crippen molar-refractivity contribution in [2.24, 2.45) is 0 Å². The number of rotatable bonds is 1. The first kappa shape index (κ1) is 7.22. The molecule has 0 radical (unpaired) electrons. The molecule has 0 aromatic heterocycles. The van der Waals surface area contributed by atoms with Crippen LogP contribution in [-0.2, 0) is 0 Å². The smallest absolute Gasteiger partial charge is 0.190 e. The summed E-state index contributed by atoms with van der Waals surface area (Å²) in [4.78, 5) is 10.9. The van der Waals surface area contributed by atoms with Gasteiger partial charge in [-0.15, -0.1) is 0 Å². The van der Waals surface area contributed by atoms with Gasteiger partial charge in [-0.1, -0.05) is 12.1 Å². The molecule has 0 amide bonds. The molecule has 0 atom stereocenters. The van der Waals surface area contributed by atoms with Gasteiger partial charge in [0.25, 0.3) is 0 Å². The molecule has 0 aliphatic rings. The fourth-order valence-electron chi connectivity index (χ4n) is 1.22. The SMILES string of the molecule is Cc1c(-c2ccc(F)cc2)c1=O. The van der Waals surface area contributed by atoms with Crippen LogP contribution in [-0.4, -0.2) is 0 Å². The maximum atomic E-state index is 12.5. The first-order valence-electron chi connectivity index (χ1n) is 3.71. The van der Waals surface area contributed by atoms with Crippen molar-refractivity contribution in [3.05, 3.63) is 45.9 Å². The van der Waals surface area contributed by atoms with Crippen molar-refractivity contribution < 1.29 is 4.39 Å². The molecule has 2 aromatic rings. The quantitative estimate of drug-likeness (QED) is 0.627. The molecular weight excluding hydrogens is 155 g/mol. The van der Waals surface area contributed by atoms with Crippen LogP contribution in [0.1, 0.15) is 5.56 Å². The molecule has 0 aliphatic carbocycles. The van der Waals surface area contributed by atoms with E-state index >= 15 is 0 Å². The van der Waals surface area contributed by atoms with E-state index in [1.54, 1.807) is 19.1 Å². The van der Waals surface area contributed by atoms with Gasteiger partial charge >= 0.3 is 0 Å². The van der Waals surface area contributed by atoms with Gasteiger partial charge in [-0.05, 0) is 24.6 Å². The highest BCUT2D eigenvalue weighted by molar-refractivity contribution is 5.75. The van der Waals surface area contributed by atoms with Gasteiger partial charge in [-0.25, -0.2) is 4.39 Å². The van der Waals surface area contributed by atoms with E-state index < -0.39 is 0 Å². The molecule has 0 unspecified atom stereocenters. The Balaban J connectivity index is 2.44. The highest BCUT2D eigenvalue weighted by Crippen LogP contribution is 2.23. The van der Waals surface area contributed by atoms with Crippen LogP contribution < -0.4 is 5.43 Å². The molecule has 2 heteroatoms. The van der Waals surface area contributed by atoms with E-state index in [0.29, 0.717) is 0 Å². The average molecular weight is 162 g/mol. The monoisotopic (exact) mass is 162 g/mol. The maximum Gasteiger partial charge on any atom is 0.190 e. The minimum absolute atomic E-state index is 0.0987. The van der Waals surface area contributed by atoms with Crippen LogP contribution in [0.4, 0.5) is 4.39 Å². The van der Waals surface area contributed by atoms with Gasteiger partial charge in [0, 0.05) is 11.1 Å². The standard InChI is InChI=1S/C10H7FO/c1-6-9(10(6)12)7-2-4-8(11)5-3-7/h2-5H,1H3. The number of hydrogen-bond acceptors (Lipinski definition) is 1. The Kier molecular flexibility index (Phi) is 1.37. The Morgan fingerprint density at radius 2 is 1.67 bits per heavy atom. The Morgan fingerprint density at radius 3 is 2.08 bits per heavy atom. The topological polar surface area (TPSA) is 17.1 Å². The lowest BCUT2D eigenvalue weighted by Gasteiger charge is -1.90. The van der Waals surface area contributed by atoms with Gasteiger partial charge in [0.2, 0.25) is 0 Å². The van der Waals surface area contributed by atoms with E-state index in [1.165, 1.54) is 12.1 Å². The summed E-state index contributed by atoms with van der Waals surface area (Å²) in [6.07, 6.45) is 0. The molecule has 0 heterocycles. The fraction of sp³-hybridized carbons (Fsp3) is 0.100. The first-order chi connectivity index (χ1) is 5.70. The van der Waals surface area contributed by atoms with Crippen LogP contribution in [0.15, 0.2) is 29.1 Å². The lowest BCUT2D eigenvalue weighted by atomic mass is 10.2. The van der Waals surface area contributed by atoms with Crippen LogP contribution in [0.3, 0.4) is 0 Å². The largest absolute Gasteiger partial charge is 0.289 e. The Morgan fingerprint density at radius 1 is 1.17 bits per heavy atom. The summed E-state index contributed by atoms with van der Waals surface area (Å²) >= 11 is 0. The van der Waals surface area contributed by atoms with Gasteiger partial charge in [0.05, 0.1) is 0 Å². The maximum absolute atomic E-state index is 12.5. The predicted molar refractivity (Wildman–Crippen MR) is 45.2 cm³/mol. The molecular formula is C10H7FO. The van der Waals surface area contributed by atoms with Crippen molar-refractivity contribution >= 4 is 0 Å². The van der Waals surface area contributed by atoms with E-state index in [4.69, 9.17) is 0 Å². The average Bonchev–Trinajstić information content (AvgIpc) is 2.63. The molecule has 12 heavy (non-hydrogen) atoms. The Bertz CT molecular complexity index is 419. The second-order valence-corrected chi connectivity index (χ2v) is 2.84. The van der Waals surface area contributed by atoms with Crippen molar-refractivity contribution in [2.75, 3.05) is 0 Å². The third-order valence-electron chi connectivity index (χ3n) is 2.01. The summed E-state index contributed by atoms with van der Waals surface area (Å²) in [5.41, 5.74) is 2.46. The van der Waals surface area contributed by atoms with Crippen LogP contribution in [0.2, 0.25) is 0 Å². The number of hydrogen-bond donors (Lipinski definition) is 0. The van der Waals surface area contributed by atoms with E-state index in [9.17, 15) is 9.18 Å². The zero-order valence-electron chi connectivity index (χ0n) is 6.60. The van der Waals surface area contributed by atoms with E-state index in [-0.39, 0.29) is 11.2 Å². The highest BCUT2D eigenvalue weighted by atomic mass is 19.1. The van der Waals surface area contributed by atoms with Gasteiger partial charge in [0.1, 0.15) is 5.82 Å². The van der Waals surface area contributed by atoms with Crippen LogP contribution in [0.5, 0.6) is 0 Å². The molecule has 0 aliphatic heterocycles. The minimum Gasteiger partial charge on any atom is -0.289 e. The summed E-state index contributed by atoms with van der Waals surface area (Å²) in [5.74, 6) is -0.273. The van der Waals surface area contributed by atoms with Crippen LogP contribution >= 0.6 is 0 Å². The molecule has 1 nitrogen and oxygen atoms in total. The minimum atomic E-state index is -0.273. The second kappa shape index (κ2) is 2.27. The molecule has 0 spiro atoms. The third kappa shape index (κ3) is 0.961. The second-order valence-electron chi connectivity index (χ2n) is 2.84. The summed E-state index contributed by atoms with van der Waals surface area (Å²) in [6, 6.07) is 5.97. The van der Waals surface area contributed by atoms with Gasteiger partial charge in [0.15, 0.2) is 5.43 Å². The molecule has 2 aromatic carbocycles.